The Bertz CT molecular complexity index is 783. The van der Waals surface area contributed by atoms with Crippen LogP contribution in [-0.2, 0) is 26.4 Å². The van der Waals surface area contributed by atoms with E-state index in [1.165, 1.54) is 0 Å². The highest BCUT2D eigenvalue weighted by atomic mass is 32.3. The Kier molecular flexibility index (Phi) is 8.48. The normalized spacial score (nSPS) is 10.8. The van der Waals surface area contributed by atoms with Crippen LogP contribution in [0.5, 0.6) is 5.75 Å². The number of ether oxygens (including phenoxy) is 1. The van der Waals surface area contributed by atoms with Crippen molar-refractivity contribution < 1.29 is 31.3 Å². The number of hydrogen-bond acceptors (Lipinski definition) is 6. The van der Waals surface area contributed by atoms with Crippen LogP contribution in [0.3, 0.4) is 0 Å². The van der Waals surface area contributed by atoms with Gasteiger partial charge in [0.2, 0.25) is 10.4 Å². The molecule has 1 heterocycles. The van der Waals surface area contributed by atoms with Crippen molar-refractivity contribution in [1.82, 2.24) is 0 Å². The number of carbonyl (C=O) groups excluding carboxylic acids is 1. The molecule has 0 unspecified atom stereocenters. The van der Waals surface area contributed by atoms with Crippen molar-refractivity contribution in [3.05, 3.63) is 59.9 Å². The molecule has 1 aromatic heterocycles. The molecule has 0 radical (unpaired) electrons. The van der Waals surface area contributed by atoms with Gasteiger partial charge in [-0.25, -0.2) is 13.0 Å². The molecule has 134 valence electrons. The predicted molar refractivity (Wildman–Crippen MR) is 91.3 cm³/mol. The zero-order valence-electron chi connectivity index (χ0n) is 13.9. The molecule has 0 bridgehead atoms. The van der Waals surface area contributed by atoms with Crippen molar-refractivity contribution in [2.45, 2.75) is 0 Å². The second-order valence-electron chi connectivity index (χ2n) is 4.75. The van der Waals surface area contributed by atoms with Gasteiger partial charge in [-0.2, -0.15) is 0 Å². The maximum Gasteiger partial charge on any atom is 0.217 e. The fraction of sp³-hybridized carbons (Fsp3) is 0.176. The van der Waals surface area contributed by atoms with Gasteiger partial charge < -0.3 is 9.29 Å². The van der Waals surface area contributed by atoms with Gasteiger partial charge in [-0.1, -0.05) is 24.3 Å². The Hall–Kier alpha value is -2.55. The first-order valence-electron chi connectivity index (χ1n) is 7.15. The number of aryl methyl sites for hydroxylation is 1. The number of carbonyl (C=O) groups is 1. The van der Waals surface area contributed by atoms with Crippen molar-refractivity contribution in [2.24, 2.45) is 7.05 Å². The molecule has 0 saturated heterocycles. The van der Waals surface area contributed by atoms with Crippen LogP contribution >= 0.6 is 0 Å². The van der Waals surface area contributed by atoms with E-state index in [1.807, 2.05) is 54.3 Å². The van der Waals surface area contributed by atoms with Gasteiger partial charge in [0, 0.05) is 12.1 Å². The van der Waals surface area contributed by atoms with E-state index in [9.17, 15) is 17.8 Å². The van der Waals surface area contributed by atoms with Crippen molar-refractivity contribution >= 4 is 28.8 Å². The molecule has 2 rings (SSSR count). The summed E-state index contributed by atoms with van der Waals surface area (Å²) in [6.45, 7) is 0.0935. The second-order valence-corrected chi connectivity index (χ2v) is 5.90. The lowest BCUT2D eigenvalue weighted by Gasteiger charge is -2.01. The van der Waals surface area contributed by atoms with E-state index >= 15 is 0 Å². The van der Waals surface area contributed by atoms with Crippen molar-refractivity contribution in [3.8, 4) is 5.75 Å². The lowest BCUT2D eigenvalue weighted by molar-refractivity contribution is -0.671. The first-order chi connectivity index (χ1) is 11.8. The van der Waals surface area contributed by atoms with E-state index < -0.39 is 10.4 Å². The summed E-state index contributed by atoms with van der Waals surface area (Å²) < 4.78 is 38.2. The molecule has 0 spiro atoms. The molecule has 0 aliphatic rings. The van der Waals surface area contributed by atoms with E-state index in [2.05, 4.69) is 22.4 Å². The molecular formula is C17H19NO6S. The Labute approximate surface area is 147 Å². The third-order valence-electron chi connectivity index (χ3n) is 2.87. The summed E-state index contributed by atoms with van der Waals surface area (Å²) in [5.41, 5.74) is 2.24. The molecule has 0 amide bonds. The van der Waals surface area contributed by atoms with Crippen LogP contribution in [-0.4, -0.2) is 33.0 Å². The zero-order valence-corrected chi connectivity index (χ0v) is 14.7. The maximum atomic E-state index is 10.2. The molecule has 25 heavy (non-hydrogen) atoms. The van der Waals surface area contributed by atoms with Gasteiger partial charge in [0.15, 0.2) is 18.7 Å². The smallest absolute Gasteiger partial charge is 0.217 e. The minimum absolute atomic E-state index is 0.0935. The molecule has 1 aromatic carbocycles. The van der Waals surface area contributed by atoms with Crippen LogP contribution in [0.1, 0.15) is 11.1 Å². The highest BCUT2D eigenvalue weighted by molar-refractivity contribution is 7.80. The summed E-state index contributed by atoms with van der Waals surface area (Å²) in [5.74, 6) is 0.705. The number of hydrogen-bond donors (Lipinski definition) is 0. The van der Waals surface area contributed by atoms with Gasteiger partial charge in [-0.3, -0.25) is 8.98 Å². The van der Waals surface area contributed by atoms with Crippen molar-refractivity contribution in [1.29, 1.82) is 0 Å². The summed E-state index contributed by atoms with van der Waals surface area (Å²) in [6, 6.07) is 11.7. The summed E-state index contributed by atoms with van der Waals surface area (Å²) in [4.78, 5) is 10.2. The molecule has 0 N–H and O–H groups in total. The van der Waals surface area contributed by atoms with Gasteiger partial charge >= 0.3 is 0 Å². The first-order valence-corrected chi connectivity index (χ1v) is 8.48. The highest BCUT2D eigenvalue weighted by Crippen LogP contribution is 2.14. The quantitative estimate of drug-likeness (QED) is 0.332. The Balaban J connectivity index is 0.000000450. The van der Waals surface area contributed by atoms with Crippen molar-refractivity contribution in [3.63, 3.8) is 0 Å². The molecule has 0 atom stereocenters. The molecule has 0 fully saturated rings. The van der Waals surface area contributed by atoms with Crippen LogP contribution < -0.4 is 9.30 Å². The number of benzene rings is 1. The summed E-state index contributed by atoms with van der Waals surface area (Å²) in [6.07, 6.45) is 8.86. The zero-order chi connectivity index (χ0) is 18.7. The van der Waals surface area contributed by atoms with Gasteiger partial charge in [-0.05, 0) is 23.3 Å². The third-order valence-corrected chi connectivity index (χ3v) is 3.28. The fourth-order valence-corrected chi connectivity index (χ4v) is 1.62. The van der Waals surface area contributed by atoms with Crippen LogP contribution in [0.15, 0.2) is 48.8 Å². The maximum absolute atomic E-state index is 10.2. The SMILES string of the molecule is COS(=O)(=O)[O-].C[n+]1ccc(C=Cc2ccc(OCC=O)cc2)cc1. The van der Waals surface area contributed by atoms with E-state index in [4.69, 9.17) is 4.74 Å². The average molecular weight is 365 g/mol. The molecule has 0 aliphatic heterocycles. The molecule has 0 saturated carbocycles. The summed E-state index contributed by atoms with van der Waals surface area (Å²) >= 11 is 0. The predicted octanol–water partition coefficient (Wildman–Crippen LogP) is 1.35. The van der Waals surface area contributed by atoms with Crippen LogP contribution in [0, 0.1) is 0 Å². The number of nitrogens with zero attached hydrogens (tertiary/aromatic N) is 1. The first kappa shape index (κ1) is 20.5. The molecule has 0 aliphatic carbocycles. The van der Waals surface area contributed by atoms with Gasteiger partial charge in [0.05, 0.1) is 7.11 Å². The number of pyridine rings is 1. The monoisotopic (exact) mass is 365 g/mol. The lowest BCUT2D eigenvalue weighted by Crippen LogP contribution is -2.25. The minimum Gasteiger partial charge on any atom is -0.726 e. The minimum atomic E-state index is -4.41. The molecule has 2 aromatic rings. The summed E-state index contributed by atoms with van der Waals surface area (Å²) in [7, 11) is -1.61. The largest absolute Gasteiger partial charge is 0.726 e. The van der Waals surface area contributed by atoms with Gasteiger partial charge in [0.1, 0.15) is 19.4 Å². The van der Waals surface area contributed by atoms with E-state index in [-0.39, 0.29) is 6.61 Å². The van der Waals surface area contributed by atoms with Crippen LogP contribution in [0.25, 0.3) is 12.2 Å². The van der Waals surface area contributed by atoms with Gasteiger partial charge in [0.25, 0.3) is 0 Å². The van der Waals surface area contributed by atoms with E-state index in [0.29, 0.717) is 5.75 Å². The average Bonchev–Trinajstić information content (AvgIpc) is 2.60. The Morgan fingerprint density at radius 2 is 1.52 bits per heavy atom. The summed E-state index contributed by atoms with van der Waals surface area (Å²) in [5, 5.41) is 0. The van der Waals surface area contributed by atoms with E-state index in [1.54, 1.807) is 0 Å². The highest BCUT2D eigenvalue weighted by Gasteiger charge is 1.94. The fourth-order valence-electron chi connectivity index (χ4n) is 1.62. The van der Waals surface area contributed by atoms with Gasteiger partial charge in [-0.15, -0.1) is 0 Å². The Morgan fingerprint density at radius 3 is 1.96 bits per heavy atom. The molecule has 8 heteroatoms. The van der Waals surface area contributed by atoms with Crippen LogP contribution in [0.2, 0.25) is 0 Å². The van der Waals surface area contributed by atoms with Crippen molar-refractivity contribution in [2.75, 3.05) is 13.7 Å². The second kappa shape index (κ2) is 10.3. The van der Waals surface area contributed by atoms with E-state index in [0.717, 1.165) is 24.5 Å². The lowest BCUT2D eigenvalue weighted by atomic mass is 10.1. The number of aromatic nitrogens is 1. The van der Waals surface area contributed by atoms with Crippen LogP contribution in [0.4, 0.5) is 0 Å². The molecule has 7 nitrogen and oxygen atoms in total. The number of rotatable bonds is 6. The number of aldehydes is 1. The Morgan fingerprint density at radius 1 is 1.04 bits per heavy atom. The standard InChI is InChI=1S/C16H16NO2.CH4O4S/c1-17-10-8-15(9-11-17)3-2-14-4-6-16(7-5-14)19-13-12-18;1-5-6(2,3)4/h2-12H,13H2,1H3;1H3,(H,2,3,4)/q+1;/p-1. The molecular weight excluding hydrogens is 346 g/mol. The third kappa shape index (κ3) is 9.36. The topological polar surface area (TPSA) is 96.6 Å².